The highest BCUT2D eigenvalue weighted by Gasteiger charge is 2.24. The number of hydrogen-bond acceptors (Lipinski definition) is 5. The van der Waals surface area contributed by atoms with Crippen LogP contribution in [0.25, 0.3) is 0 Å². The van der Waals surface area contributed by atoms with E-state index >= 15 is 0 Å². The van der Waals surface area contributed by atoms with Crippen LogP contribution in [0.2, 0.25) is 0 Å². The van der Waals surface area contributed by atoms with Crippen molar-refractivity contribution in [2.75, 3.05) is 26.6 Å². The number of anilines is 1. The smallest absolute Gasteiger partial charge is 0.343 e. The second-order valence-electron chi connectivity index (χ2n) is 4.68. The lowest BCUT2D eigenvalue weighted by atomic mass is 10.1. The first-order valence-corrected chi connectivity index (χ1v) is 7.72. The minimum absolute atomic E-state index is 0.318. The largest absolute Gasteiger partial charge is 0.495 e. The molecule has 1 N–H and O–H groups in total. The Hall–Kier alpha value is -2.21. The van der Waals surface area contributed by atoms with E-state index < -0.39 is 5.97 Å². The van der Waals surface area contributed by atoms with Gasteiger partial charge in [0.05, 0.1) is 27.0 Å². The molecular weight excluding hydrogens is 362 g/mol. The van der Waals surface area contributed by atoms with Crippen LogP contribution in [0.1, 0.15) is 15.9 Å². The molecule has 2 aromatic rings. The molecule has 0 radical (unpaired) electrons. The Morgan fingerprint density at radius 3 is 2.39 bits per heavy atom. The van der Waals surface area contributed by atoms with E-state index in [0.29, 0.717) is 33.8 Å². The van der Waals surface area contributed by atoms with Crippen molar-refractivity contribution in [1.82, 2.24) is 0 Å². The summed E-state index contributed by atoms with van der Waals surface area (Å²) in [5.74, 6) is 0.442. The fourth-order valence-electron chi connectivity index (χ4n) is 2.19. The first-order valence-electron chi connectivity index (χ1n) is 6.93. The van der Waals surface area contributed by atoms with Crippen molar-refractivity contribution >= 4 is 27.6 Å². The van der Waals surface area contributed by atoms with E-state index in [9.17, 15) is 4.79 Å². The number of carbonyl (C=O) groups is 1. The average Bonchev–Trinajstić information content (AvgIpc) is 2.60. The maximum Gasteiger partial charge on any atom is 0.343 e. The molecule has 0 aliphatic heterocycles. The Balaban J connectivity index is 2.45. The SMILES string of the molecule is COC(=O)c1c(NCc2ccccc2)cc(OC)c(Br)c1OC. The molecule has 6 heteroatoms. The zero-order chi connectivity index (χ0) is 16.8. The third-order valence-electron chi connectivity index (χ3n) is 3.33. The van der Waals surface area contributed by atoms with E-state index in [4.69, 9.17) is 14.2 Å². The summed E-state index contributed by atoms with van der Waals surface area (Å²) >= 11 is 3.39. The van der Waals surface area contributed by atoms with E-state index in [1.54, 1.807) is 13.2 Å². The molecule has 0 unspecified atom stereocenters. The van der Waals surface area contributed by atoms with Gasteiger partial charge in [0.1, 0.15) is 15.8 Å². The normalized spacial score (nSPS) is 10.1. The zero-order valence-corrected chi connectivity index (χ0v) is 14.8. The van der Waals surface area contributed by atoms with Gasteiger partial charge in [-0.15, -0.1) is 0 Å². The topological polar surface area (TPSA) is 56.8 Å². The highest BCUT2D eigenvalue weighted by atomic mass is 79.9. The monoisotopic (exact) mass is 379 g/mol. The zero-order valence-electron chi connectivity index (χ0n) is 13.2. The Morgan fingerprint density at radius 2 is 1.83 bits per heavy atom. The lowest BCUT2D eigenvalue weighted by Gasteiger charge is -2.18. The molecule has 0 spiro atoms. The van der Waals surface area contributed by atoms with E-state index in [1.165, 1.54) is 14.2 Å². The summed E-state index contributed by atoms with van der Waals surface area (Å²) in [6.07, 6.45) is 0. The van der Waals surface area contributed by atoms with Gasteiger partial charge in [-0.1, -0.05) is 30.3 Å². The molecule has 2 rings (SSSR count). The van der Waals surface area contributed by atoms with Gasteiger partial charge in [0, 0.05) is 12.6 Å². The van der Waals surface area contributed by atoms with Crippen LogP contribution in [0, 0.1) is 0 Å². The highest BCUT2D eigenvalue weighted by molar-refractivity contribution is 9.10. The second kappa shape index (κ2) is 7.87. The molecule has 0 aliphatic rings. The molecular formula is C17H18BrNO4. The van der Waals surface area contributed by atoms with E-state index in [2.05, 4.69) is 21.2 Å². The standard InChI is InChI=1S/C17H18BrNO4/c1-21-13-9-12(19-10-11-7-5-4-6-8-11)14(17(20)23-3)16(22-2)15(13)18/h4-9,19H,10H2,1-3H3. The summed E-state index contributed by atoms with van der Waals surface area (Å²) in [5.41, 5.74) is 1.99. The molecule has 0 aliphatic carbocycles. The van der Waals surface area contributed by atoms with Crippen LogP contribution in [0.4, 0.5) is 5.69 Å². The summed E-state index contributed by atoms with van der Waals surface area (Å²) in [6, 6.07) is 11.6. The van der Waals surface area contributed by atoms with Crippen LogP contribution in [0.5, 0.6) is 11.5 Å². The Kier molecular flexibility index (Phi) is 5.87. The number of rotatable bonds is 6. The first kappa shape index (κ1) is 17.1. The maximum atomic E-state index is 12.2. The molecule has 23 heavy (non-hydrogen) atoms. The molecule has 0 fully saturated rings. The van der Waals surface area contributed by atoms with Crippen LogP contribution in [0.15, 0.2) is 40.9 Å². The first-order chi connectivity index (χ1) is 11.1. The van der Waals surface area contributed by atoms with Crippen LogP contribution in [-0.2, 0) is 11.3 Å². The maximum absolute atomic E-state index is 12.2. The van der Waals surface area contributed by atoms with Gasteiger partial charge < -0.3 is 19.5 Å². The molecule has 122 valence electrons. The summed E-state index contributed by atoms with van der Waals surface area (Å²) in [4.78, 5) is 12.2. The van der Waals surface area contributed by atoms with Crippen molar-refractivity contribution in [3.05, 3.63) is 52.0 Å². The predicted octanol–water partition coefficient (Wildman–Crippen LogP) is 3.87. The molecule has 0 saturated heterocycles. The molecule has 0 heterocycles. The van der Waals surface area contributed by atoms with Crippen LogP contribution < -0.4 is 14.8 Å². The molecule has 0 atom stereocenters. The van der Waals surface area contributed by atoms with Gasteiger partial charge in [-0.2, -0.15) is 0 Å². The Morgan fingerprint density at radius 1 is 1.13 bits per heavy atom. The van der Waals surface area contributed by atoms with Gasteiger partial charge in [0.2, 0.25) is 0 Å². The highest BCUT2D eigenvalue weighted by Crippen LogP contribution is 2.42. The van der Waals surface area contributed by atoms with Gasteiger partial charge >= 0.3 is 5.97 Å². The lowest BCUT2D eigenvalue weighted by Crippen LogP contribution is -2.11. The average molecular weight is 380 g/mol. The minimum Gasteiger partial charge on any atom is -0.495 e. The van der Waals surface area contributed by atoms with Crippen LogP contribution in [-0.4, -0.2) is 27.3 Å². The summed E-state index contributed by atoms with van der Waals surface area (Å²) in [5, 5.41) is 3.24. The summed E-state index contributed by atoms with van der Waals surface area (Å²) in [7, 11) is 4.38. The molecule has 0 aromatic heterocycles. The van der Waals surface area contributed by atoms with Crippen molar-refractivity contribution in [1.29, 1.82) is 0 Å². The van der Waals surface area contributed by atoms with Crippen molar-refractivity contribution in [2.45, 2.75) is 6.54 Å². The second-order valence-corrected chi connectivity index (χ2v) is 5.47. The van der Waals surface area contributed by atoms with Crippen LogP contribution in [0.3, 0.4) is 0 Å². The number of methoxy groups -OCH3 is 3. The number of nitrogens with one attached hydrogen (secondary N) is 1. The Bertz CT molecular complexity index is 689. The number of benzene rings is 2. The van der Waals surface area contributed by atoms with Gasteiger partial charge in [-0.25, -0.2) is 4.79 Å². The summed E-state index contributed by atoms with van der Waals surface area (Å²) < 4.78 is 16.1. The number of carbonyl (C=O) groups excluding carboxylic acids is 1. The minimum atomic E-state index is -0.485. The van der Waals surface area contributed by atoms with E-state index in [1.807, 2.05) is 30.3 Å². The third-order valence-corrected chi connectivity index (χ3v) is 4.08. The van der Waals surface area contributed by atoms with Crippen LogP contribution >= 0.6 is 15.9 Å². The van der Waals surface area contributed by atoms with Gasteiger partial charge in [-0.3, -0.25) is 0 Å². The quantitative estimate of drug-likeness (QED) is 0.772. The number of halogens is 1. The van der Waals surface area contributed by atoms with Crippen molar-refractivity contribution < 1.29 is 19.0 Å². The van der Waals surface area contributed by atoms with Gasteiger partial charge in [0.25, 0.3) is 0 Å². The molecule has 2 aromatic carbocycles. The van der Waals surface area contributed by atoms with E-state index in [-0.39, 0.29) is 0 Å². The van der Waals surface area contributed by atoms with Gasteiger partial charge in [-0.05, 0) is 21.5 Å². The van der Waals surface area contributed by atoms with E-state index in [0.717, 1.165) is 5.56 Å². The summed E-state index contributed by atoms with van der Waals surface area (Å²) in [6.45, 7) is 0.554. The molecule has 0 amide bonds. The van der Waals surface area contributed by atoms with Crippen molar-refractivity contribution in [3.63, 3.8) is 0 Å². The van der Waals surface area contributed by atoms with Gasteiger partial charge in [0.15, 0.2) is 5.75 Å². The Labute approximate surface area is 143 Å². The predicted molar refractivity (Wildman–Crippen MR) is 92.4 cm³/mol. The third kappa shape index (κ3) is 3.76. The van der Waals surface area contributed by atoms with Crippen molar-refractivity contribution in [3.8, 4) is 11.5 Å². The molecule has 0 bridgehead atoms. The molecule has 5 nitrogen and oxygen atoms in total. The fraction of sp³-hybridized carbons (Fsp3) is 0.235. The number of hydrogen-bond donors (Lipinski definition) is 1. The molecule has 0 saturated carbocycles. The van der Waals surface area contributed by atoms with Crippen molar-refractivity contribution in [2.24, 2.45) is 0 Å². The fourth-order valence-corrected chi connectivity index (χ4v) is 2.82. The number of esters is 1. The lowest BCUT2D eigenvalue weighted by molar-refractivity contribution is 0.0598. The number of ether oxygens (including phenoxy) is 3.